The van der Waals surface area contributed by atoms with Crippen molar-refractivity contribution in [2.75, 3.05) is 23.5 Å². The summed E-state index contributed by atoms with van der Waals surface area (Å²) in [4.78, 5) is 24.5. The molecule has 4 aromatic heterocycles. The van der Waals surface area contributed by atoms with Crippen LogP contribution in [-0.2, 0) is 9.84 Å². The fourth-order valence-electron chi connectivity index (χ4n) is 4.46. The van der Waals surface area contributed by atoms with E-state index in [0.717, 1.165) is 47.4 Å². The molecule has 0 amide bonds. The molecule has 206 valence electrons. The monoisotopic (exact) mass is 567 g/mol. The van der Waals surface area contributed by atoms with E-state index in [1.54, 1.807) is 12.1 Å². The lowest BCUT2D eigenvalue weighted by Gasteiger charge is -2.22. The number of H-pyrrole nitrogens is 2. The Labute approximate surface area is 226 Å². The molecule has 12 nitrogen and oxygen atoms in total. The van der Waals surface area contributed by atoms with Gasteiger partial charge < -0.3 is 15.2 Å². The average Bonchev–Trinajstić information content (AvgIpc) is 3.50. The zero-order chi connectivity index (χ0) is 28.3. The van der Waals surface area contributed by atoms with E-state index in [0.29, 0.717) is 28.7 Å². The molecule has 1 fully saturated rings. The van der Waals surface area contributed by atoms with Crippen LogP contribution in [0.15, 0.2) is 46.2 Å². The minimum absolute atomic E-state index is 0.0791. The molecule has 1 aromatic carbocycles. The number of aryl methyl sites for hydroxylation is 1. The fourth-order valence-corrected chi connectivity index (χ4v) is 5.10. The molecule has 5 aromatic rings. The molecule has 1 aliphatic carbocycles. The number of fused-ring (bicyclic) bond motifs is 1. The van der Waals surface area contributed by atoms with Gasteiger partial charge in [0.05, 0.1) is 4.90 Å². The third-order valence-corrected chi connectivity index (χ3v) is 7.61. The number of anilines is 4. The molecule has 1 saturated carbocycles. The highest BCUT2D eigenvalue weighted by Gasteiger charge is 2.34. The highest BCUT2D eigenvalue weighted by molar-refractivity contribution is 7.90. The molecule has 0 aliphatic heterocycles. The molecule has 0 bridgehead atoms. The molecule has 0 spiro atoms. The van der Waals surface area contributed by atoms with Gasteiger partial charge in [0.15, 0.2) is 27.3 Å². The first-order valence-electron chi connectivity index (χ1n) is 12.2. The molecule has 0 saturated heterocycles. The van der Waals surface area contributed by atoms with E-state index >= 15 is 8.78 Å². The number of aromatic amines is 2. The normalized spacial score (nSPS) is 13.6. The van der Waals surface area contributed by atoms with Crippen LogP contribution in [0.4, 0.5) is 32.1 Å². The Kier molecular flexibility index (Phi) is 5.90. The second kappa shape index (κ2) is 9.22. The van der Waals surface area contributed by atoms with Gasteiger partial charge in [-0.2, -0.15) is 15.2 Å². The molecular formula is C25H23F2N9O3S. The van der Waals surface area contributed by atoms with E-state index in [2.05, 4.69) is 35.6 Å². The summed E-state index contributed by atoms with van der Waals surface area (Å²) in [6.07, 6.45) is 4.14. The second-order valence-electron chi connectivity index (χ2n) is 9.70. The van der Waals surface area contributed by atoms with E-state index < -0.39 is 32.1 Å². The van der Waals surface area contributed by atoms with Crippen molar-refractivity contribution in [2.24, 2.45) is 0 Å². The highest BCUT2D eigenvalue weighted by Crippen LogP contribution is 2.48. The van der Waals surface area contributed by atoms with E-state index in [1.165, 1.54) is 23.8 Å². The first-order valence-corrected chi connectivity index (χ1v) is 14.1. The standard InChI is InChI=1S/C25H23F2N9O3S/c1-12-8-18(33-32-12)28-24-21(13-4-5-13)22(17-11-19-29-20(37)6-7-36(19)34-17)30-25(31-24)35(2)23-15(26)9-14(10-16(23)27)40(3,38)39/h6-11,13H,4-5H2,1-3H3,(H,29,37)(H2,28,30,31,32,33). The van der Waals surface area contributed by atoms with Crippen LogP contribution < -0.4 is 15.8 Å². The number of hydrogen-bond donors (Lipinski definition) is 3. The largest absolute Gasteiger partial charge is 0.323 e. The van der Waals surface area contributed by atoms with Gasteiger partial charge in [0.2, 0.25) is 5.95 Å². The Morgan fingerprint density at radius 1 is 1.12 bits per heavy atom. The Balaban J connectivity index is 1.55. The third kappa shape index (κ3) is 4.68. The first kappa shape index (κ1) is 25.6. The van der Waals surface area contributed by atoms with Crippen LogP contribution in [0, 0.1) is 18.6 Å². The van der Waals surface area contributed by atoms with Gasteiger partial charge in [-0.3, -0.25) is 9.89 Å². The minimum atomic E-state index is -3.85. The summed E-state index contributed by atoms with van der Waals surface area (Å²) >= 11 is 0. The predicted octanol–water partition coefficient (Wildman–Crippen LogP) is 3.58. The van der Waals surface area contributed by atoms with E-state index in [4.69, 9.17) is 0 Å². The van der Waals surface area contributed by atoms with Crippen molar-refractivity contribution < 1.29 is 17.2 Å². The summed E-state index contributed by atoms with van der Waals surface area (Å²) in [6, 6.07) is 6.29. The van der Waals surface area contributed by atoms with Crippen LogP contribution in [0.2, 0.25) is 0 Å². The van der Waals surface area contributed by atoms with E-state index in [-0.39, 0.29) is 17.4 Å². The Hall–Kier alpha value is -4.66. The minimum Gasteiger partial charge on any atom is -0.323 e. The summed E-state index contributed by atoms with van der Waals surface area (Å²) in [6.45, 7) is 1.84. The van der Waals surface area contributed by atoms with Gasteiger partial charge in [0, 0.05) is 49.0 Å². The maximum absolute atomic E-state index is 15.2. The van der Waals surface area contributed by atoms with Crippen molar-refractivity contribution in [3.63, 3.8) is 0 Å². The molecule has 4 heterocycles. The van der Waals surface area contributed by atoms with Crippen molar-refractivity contribution in [1.29, 1.82) is 0 Å². The average molecular weight is 568 g/mol. The summed E-state index contributed by atoms with van der Waals surface area (Å²) in [5, 5.41) is 14.8. The Morgan fingerprint density at radius 3 is 2.48 bits per heavy atom. The molecule has 0 radical (unpaired) electrons. The number of benzene rings is 1. The number of nitrogens with one attached hydrogen (secondary N) is 3. The van der Waals surface area contributed by atoms with Gasteiger partial charge in [-0.05, 0) is 37.8 Å². The predicted molar refractivity (Wildman–Crippen MR) is 143 cm³/mol. The first-order chi connectivity index (χ1) is 19.0. The number of rotatable bonds is 7. The third-order valence-electron chi connectivity index (χ3n) is 6.52. The summed E-state index contributed by atoms with van der Waals surface area (Å²) in [5.74, 6) is -1.32. The van der Waals surface area contributed by atoms with Crippen molar-refractivity contribution in [3.8, 4) is 11.4 Å². The maximum atomic E-state index is 15.2. The van der Waals surface area contributed by atoms with Crippen LogP contribution in [0.5, 0.6) is 0 Å². The maximum Gasteiger partial charge on any atom is 0.251 e. The SMILES string of the molecule is Cc1cc(Nc2nc(N(C)c3c(F)cc(S(C)(=O)=O)cc3F)nc(-c3cc4[nH]c(=O)ccn4n3)c2C2CC2)n[nH]1. The molecule has 1 aliphatic rings. The number of aromatic nitrogens is 7. The molecule has 0 unspecified atom stereocenters. The molecule has 0 atom stereocenters. The van der Waals surface area contributed by atoms with Gasteiger partial charge in [0.1, 0.15) is 28.5 Å². The van der Waals surface area contributed by atoms with Gasteiger partial charge in [-0.15, -0.1) is 0 Å². The number of hydrogen-bond acceptors (Lipinski definition) is 9. The van der Waals surface area contributed by atoms with Gasteiger partial charge in [-0.1, -0.05) is 0 Å². The smallest absolute Gasteiger partial charge is 0.251 e. The van der Waals surface area contributed by atoms with Crippen LogP contribution in [-0.4, -0.2) is 56.5 Å². The lowest BCUT2D eigenvalue weighted by atomic mass is 10.1. The summed E-state index contributed by atoms with van der Waals surface area (Å²) in [7, 11) is -2.47. The van der Waals surface area contributed by atoms with E-state index in [9.17, 15) is 13.2 Å². The number of halogens is 2. The number of nitrogens with zero attached hydrogens (tertiary/aromatic N) is 6. The molecule has 40 heavy (non-hydrogen) atoms. The number of sulfone groups is 1. The van der Waals surface area contributed by atoms with E-state index in [1.807, 2.05) is 6.92 Å². The molecule has 3 N–H and O–H groups in total. The fraction of sp³-hybridized carbons (Fsp3) is 0.240. The summed E-state index contributed by atoms with van der Waals surface area (Å²) in [5.41, 5.74) is 1.98. The quantitative estimate of drug-likeness (QED) is 0.268. The van der Waals surface area contributed by atoms with Gasteiger partial charge in [-0.25, -0.2) is 26.7 Å². The lowest BCUT2D eigenvalue weighted by molar-refractivity contribution is 0.569. The highest BCUT2D eigenvalue weighted by atomic mass is 32.2. The van der Waals surface area contributed by atoms with Crippen LogP contribution in [0.1, 0.15) is 30.0 Å². The van der Waals surface area contributed by atoms with Crippen molar-refractivity contribution in [2.45, 2.75) is 30.6 Å². The zero-order valence-electron chi connectivity index (χ0n) is 21.5. The van der Waals surface area contributed by atoms with Gasteiger partial charge in [0.25, 0.3) is 5.56 Å². The zero-order valence-corrected chi connectivity index (χ0v) is 22.3. The van der Waals surface area contributed by atoms with Crippen molar-refractivity contribution in [1.82, 2.24) is 34.8 Å². The molecule has 6 rings (SSSR count). The Morgan fingerprint density at radius 2 is 1.85 bits per heavy atom. The summed E-state index contributed by atoms with van der Waals surface area (Å²) < 4.78 is 55.6. The topological polar surface area (TPSA) is 154 Å². The molecule has 15 heteroatoms. The second-order valence-corrected chi connectivity index (χ2v) is 11.7. The van der Waals surface area contributed by atoms with Crippen molar-refractivity contribution in [3.05, 3.63) is 69.8 Å². The Bertz CT molecular complexity index is 1940. The van der Waals surface area contributed by atoms with Crippen LogP contribution >= 0.6 is 0 Å². The van der Waals surface area contributed by atoms with Crippen LogP contribution in [0.3, 0.4) is 0 Å². The van der Waals surface area contributed by atoms with Gasteiger partial charge >= 0.3 is 0 Å². The molecular weight excluding hydrogens is 544 g/mol. The van der Waals surface area contributed by atoms with Crippen LogP contribution in [0.25, 0.3) is 17.0 Å². The lowest BCUT2D eigenvalue weighted by Crippen LogP contribution is -2.19. The van der Waals surface area contributed by atoms with Crippen molar-refractivity contribution >= 4 is 38.8 Å².